The van der Waals surface area contributed by atoms with Crippen molar-refractivity contribution in [1.82, 2.24) is 16.0 Å². The molecule has 0 aromatic rings. The summed E-state index contributed by atoms with van der Waals surface area (Å²) < 4.78 is 0. The molecule has 0 aliphatic carbocycles. The average molecular weight is 448 g/mol. The summed E-state index contributed by atoms with van der Waals surface area (Å²) in [5, 5.41) is 43.4. The monoisotopic (exact) mass is 448 g/mol. The highest BCUT2D eigenvalue weighted by Gasteiger charge is 2.31. The Balaban J connectivity index is 5.29. The van der Waals surface area contributed by atoms with Gasteiger partial charge in [-0.2, -0.15) is 0 Å². The minimum atomic E-state index is -1.48. The maximum atomic E-state index is 12.6. The smallest absolute Gasteiger partial charge is 0.326 e. The third-order valence-electron chi connectivity index (χ3n) is 4.24. The highest BCUT2D eigenvalue weighted by atomic mass is 16.4. The van der Waals surface area contributed by atoms with Crippen molar-refractivity contribution in [2.45, 2.75) is 70.3 Å². The number of aliphatic hydroxyl groups is 2. The molecule has 0 fully saturated rings. The summed E-state index contributed by atoms with van der Waals surface area (Å²) in [6.07, 6.45) is -1.95. The number of aliphatic hydroxyl groups excluding tert-OH is 2. The maximum Gasteiger partial charge on any atom is 0.326 e. The molecular formula is C18H32N4O9. The number of nitrogens with two attached hydrogens (primary N) is 1. The highest BCUT2D eigenvalue weighted by molar-refractivity contribution is 5.94. The number of hydrogen-bond donors (Lipinski definition) is 8. The summed E-state index contributed by atoms with van der Waals surface area (Å²) in [5.41, 5.74) is 5.47. The van der Waals surface area contributed by atoms with E-state index in [1.54, 1.807) is 13.8 Å². The molecule has 0 heterocycles. The largest absolute Gasteiger partial charge is 0.481 e. The van der Waals surface area contributed by atoms with E-state index in [-0.39, 0.29) is 18.8 Å². The van der Waals surface area contributed by atoms with E-state index in [0.29, 0.717) is 0 Å². The maximum absolute atomic E-state index is 12.6. The van der Waals surface area contributed by atoms with Crippen LogP contribution >= 0.6 is 0 Å². The van der Waals surface area contributed by atoms with Crippen molar-refractivity contribution in [3.63, 3.8) is 0 Å². The predicted molar refractivity (Wildman–Crippen MR) is 106 cm³/mol. The van der Waals surface area contributed by atoms with Gasteiger partial charge in [0.05, 0.1) is 12.7 Å². The predicted octanol–water partition coefficient (Wildman–Crippen LogP) is -2.86. The van der Waals surface area contributed by atoms with Crippen molar-refractivity contribution < 1.29 is 44.4 Å². The minimum Gasteiger partial charge on any atom is -0.481 e. The van der Waals surface area contributed by atoms with Crippen LogP contribution in [0.1, 0.15) is 40.0 Å². The van der Waals surface area contributed by atoms with Gasteiger partial charge in [0.15, 0.2) is 0 Å². The Morgan fingerprint density at radius 2 is 1.32 bits per heavy atom. The number of hydrogen-bond acceptors (Lipinski definition) is 8. The van der Waals surface area contributed by atoms with Gasteiger partial charge in [-0.05, 0) is 25.7 Å². The molecule has 0 bridgehead atoms. The fourth-order valence-electron chi connectivity index (χ4n) is 2.45. The van der Waals surface area contributed by atoms with Gasteiger partial charge < -0.3 is 42.1 Å². The summed E-state index contributed by atoms with van der Waals surface area (Å²) in [7, 11) is 0. The molecule has 3 amide bonds. The van der Waals surface area contributed by atoms with E-state index in [9.17, 15) is 39.3 Å². The van der Waals surface area contributed by atoms with Crippen molar-refractivity contribution >= 4 is 29.7 Å². The fraction of sp³-hybridized carbons (Fsp3) is 0.722. The zero-order valence-electron chi connectivity index (χ0n) is 17.7. The van der Waals surface area contributed by atoms with Gasteiger partial charge in [0.1, 0.15) is 24.2 Å². The molecule has 0 rings (SSSR count). The third kappa shape index (κ3) is 10.7. The Hall–Kier alpha value is -2.77. The van der Waals surface area contributed by atoms with Crippen LogP contribution in [0.4, 0.5) is 0 Å². The topological polar surface area (TPSA) is 228 Å². The van der Waals surface area contributed by atoms with Crippen molar-refractivity contribution in [3.05, 3.63) is 0 Å². The van der Waals surface area contributed by atoms with Crippen LogP contribution in [0.15, 0.2) is 0 Å². The number of nitrogens with one attached hydrogen (secondary N) is 3. The Morgan fingerprint density at radius 3 is 1.74 bits per heavy atom. The standard InChI is InChI=1S/C18H32N4O9/c1-8(2)6-11(15(27)20-10(18(30)31)4-5-13(25)26)21-16(28)12(7-23)22-17(29)14(19)9(3)24/h8-12,14,23-24H,4-7,19H2,1-3H3,(H,20,27)(H,21,28)(H,22,29)(H,25,26)(H,30,31). The summed E-state index contributed by atoms with van der Waals surface area (Å²) in [4.78, 5) is 58.9. The normalized spacial score (nSPS) is 15.8. The molecule has 0 spiro atoms. The zero-order chi connectivity index (χ0) is 24.3. The van der Waals surface area contributed by atoms with E-state index in [2.05, 4.69) is 16.0 Å². The summed E-state index contributed by atoms with van der Waals surface area (Å²) in [6, 6.07) is -5.51. The van der Waals surface area contributed by atoms with Gasteiger partial charge in [0, 0.05) is 6.42 Å². The lowest BCUT2D eigenvalue weighted by atomic mass is 10.0. The molecule has 0 radical (unpaired) electrons. The van der Waals surface area contributed by atoms with Crippen LogP contribution in [-0.4, -0.2) is 87.0 Å². The van der Waals surface area contributed by atoms with E-state index in [4.69, 9.17) is 10.8 Å². The fourth-order valence-corrected chi connectivity index (χ4v) is 2.45. The Labute approximate surface area is 179 Å². The highest BCUT2D eigenvalue weighted by Crippen LogP contribution is 2.07. The van der Waals surface area contributed by atoms with Gasteiger partial charge in [0.2, 0.25) is 17.7 Å². The van der Waals surface area contributed by atoms with Crippen molar-refractivity contribution in [2.24, 2.45) is 11.7 Å². The van der Waals surface area contributed by atoms with Gasteiger partial charge in [-0.25, -0.2) is 4.79 Å². The number of aliphatic carboxylic acids is 2. The molecule has 13 nitrogen and oxygen atoms in total. The summed E-state index contributed by atoms with van der Waals surface area (Å²) in [6.45, 7) is 3.94. The van der Waals surface area contributed by atoms with Crippen LogP contribution < -0.4 is 21.7 Å². The van der Waals surface area contributed by atoms with Crippen molar-refractivity contribution in [2.75, 3.05) is 6.61 Å². The lowest BCUT2D eigenvalue weighted by molar-refractivity contribution is -0.143. The first-order valence-corrected chi connectivity index (χ1v) is 9.70. The van der Waals surface area contributed by atoms with E-state index < -0.39 is 73.0 Å². The summed E-state index contributed by atoms with van der Waals surface area (Å²) >= 11 is 0. The van der Waals surface area contributed by atoms with Crippen molar-refractivity contribution in [3.8, 4) is 0 Å². The van der Waals surface area contributed by atoms with Crippen molar-refractivity contribution in [1.29, 1.82) is 0 Å². The second kappa shape index (κ2) is 13.5. The number of amides is 3. The van der Waals surface area contributed by atoms with Crippen LogP contribution in [0.2, 0.25) is 0 Å². The molecule has 0 aliphatic rings. The van der Waals surface area contributed by atoms with Crippen LogP contribution in [0.5, 0.6) is 0 Å². The van der Waals surface area contributed by atoms with Gasteiger partial charge in [0.25, 0.3) is 0 Å². The SMILES string of the molecule is CC(C)CC(NC(=O)C(CO)NC(=O)C(N)C(C)O)C(=O)NC(CCC(=O)O)C(=O)O. The first-order chi connectivity index (χ1) is 14.3. The van der Waals surface area contributed by atoms with Crippen LogP contribution in [0.3, 0.4) is 0 Å². The molecule has 13 heteroatoms. The number of rotatable bonds is 14. The Kier molecular flexibility index (Phi) is 12.3. The van der Waals surface area contributed by atoms with Gasteiger partial charge in [-0.3, -0.25) is 19.2 Å². The Morgan fingerprint density at radius 1 is 0.839 bits per heavy atom. The second-order valence-corrected chi connectivity index (χ2v) is 7.53. The minimum absolute atomic E-state index is 0.0993. The summed E-state index contributed by atoms with van der Waals surface area (Å²) in [5.74, 6) is -5.45. The molecule has 0 aromatic carbocycles. The van der Waals surface area contributed by atoms with Gasteiger partial charge in [-0.15, -0.1) is 0 Å². The number of carboxylic acid groups (broad SMARTS) is 2. The quantitative estimate of drug-likeness (QED) is 0.135. The van der Waals surface area contributed by atoms with Crippen LogP contribution in [0.25, 0.3) is 0 Å². The third-order valence-corrected chi connectivity index (χ3v) is 4.24. The number of carbonyl (C=O) groups is 5. The zero-order valence-corrected chi connectivity index (χ0v) is 17.7. The van der Waals surface area contributed by atoms with E-state index in [1.807, 2.05) is 0 Å². The molecule has 5 unspecified atom stereocenters. The lowest BCUT2D eigenvalue weighted by Crippen LogP contribution is -2.59. The number of carboxylic acids is 2. The second-order valence-electron chi connectivity index (χ2n) is 7.53. The molecule has 9 N–H and O–H groups in total. The molecule has 31 heavy (non-hydrogen) atoms. The molecule has 0 aromatic heterocycles. The average Bonchev–Trinajstić information content (AvgIpc) is 2.66. The van der Waals surface area contributed by atoms with Gasteiger partial charge in [-0.1, -0.05) is 13.8 Å². The first kappa shape index (κ1) is 28.2. The molecule has 5 atom stereocenters. The van der Waals surface area contributed by atoms with E-state index in [0.717, 1.165) is 0 Å². The first-order valence-electron chi connectivity index (χ1n) is 9.70. The van der Waals surface area contributed by atoms with Crippen LogP contribution in [-0.2, 0) is 24.0 Å². The molecule has 178 valence electrons. The van der Waals surface area contributed by atoms with E-state index in [1.165, 1.54) is 6.92 Å². The van der Waals surface area contributed by atoms with Crippen LogP contribution in [0, 0.1) is 5.92 Å². The lowest BCUT2D eigenvalue weighted by Gasteiger charge is -2.25. The molecule has 0 saturated carbocycles. The Bertz CT molecular complexity index is 654. The van der Waals surface area contributed by atoms with Gasteiger partial charge >= 0.3 is 11.9 Å². The number of carbonyl (C=O) groups excluding carboxylic acids is 3. The molecule has 0 saturated heterocycles. The molecular weight excluding hydrogens is 416 g/mol. The molecule has 0 aliphatic heterocycles. The van der Waals surface area contributed by atoms with E-state index >= 15 is 0 Å².